The number of rotatable bonds is 22. The van der Waals surface area contributed by atoms with Gasteiger partial charge in [0, 0.05) is 91.0 Å². The third kappa shape index (κ3) is 22.8. The second-order valence-electron chi connectivity index (χ2n) is 25.0. The maximum atomic E-state index is 14.8. The first-order valence-electron chi connectivity index (χ1n) is 31.6. The topological polar surface area (TPSA) is 329 Å². The van der Waals surface area contributed by atoms with E-state index in [1.807, 2.05) is 67.6 Å². The van der Waals surface area contributed by atoms with Crippen LogP contribution in [0.2, 0.25) is 0 Å². The summed E-state index contributed by atoms with van der Waals surface area (Å²) in [7, 11) is 1.50. The van der Waals surface area contributed by atoms with Crippen molar-refractivity contribution in [2.45, 2.75) is 147 Å². The molecule has 95 heavy (non-hydrogen) atoms. The van der Waals surface area contributed by atoms with Crippen LogP contribution < -0.4 is 71.0 Å². The van der Waals surface area contributed by atoms with Crippen LogP contribution in [0, 0.1) is 52.9 Å². The molecule has 0 spiro atoms. The summed E-state index contributed by atoms with van der Waals surface area (Å²) < 4.78 is 37.3. The number of aromatic nitrogens is 2. The number of nitrogens with zero attached hydrogens (tertiary/aromatic N) is 5. The molecule has 3 fully saturated rings. The van der Waals surface area contributed by atoms with Gasteiger partial charge in [0.15, 0.2) is 23.2 Å². The van der Waals surface area contributed by atoms with Crippen LogP contribution in [0.15, 0.2) is 114 Å². The fraction of sp³-hybridized carbons (Fsp3) is 0.437. The first kappa shape index (κ1) is 76.5. The average molecular weight is 1380 g/mol. The molecule has 502 valence electrons. The van der Waals surface area contributed by atoms with E-state index in [0.29, 0.717) is 56.5 Å². The van der Waals surface area contributed by atoms with Crippen molar-refractivity contribution in [1.29, 1.82) is 5.26 Å². The number of benzene rings is 5. The molecule has 0 unspecified atom stereocenters. The number of nitrogens with two attached hydrogens (primary N) is 3. The molecule has 3 aliphatic carbocycles. The van der Waals surface area contributed by atoms with Gasteiger partial charge in [-0.25, -0.2) is 14.4 Å². The van der Waals surface area contributed by atoms with E-state index < -0.39 is 52.3 Å². The van der Waals surface area contributed by atoms with Crippen molar-refractivity contribution in [1.82, 2.24) is 20.2 Å². The van der Waals surface area contributed by atoms with Crippen molar-refractivity contribution in [3.05, 3.63) is 158 Å². The molecule has 2 amide bonds. The Bertz CT molecular complexity index is 3680. The quantitative estimate of drug-likeness (QED) is 0.0186. The number of Topliss-reactive ketones (excluding diaryl/α,β-unsaturated/α-hetero) is 3. The van der Waals surface area contributed by atoms with Gasteiger partial charge in [-0.1, -0.05) is 35.0 Å². The van der Waals surface area contributed by atoms with Gasteiger partial charge in [0.1, 0.15) is 59.3 Å². The summed E-state index contributed by atoms with van der Waals surface area (Å²) in [6, 6.07) is 30.1. The number of amides is 2. The minimum Gasteiger partial charge on any atom is -1.00 e. The van der Waals surface area contributed by atoms with Gasteiger partial charge >= 0.3 is 29.6 Å². The Kier molecular flexibility index (Phi) is 28.1. The first-order valence-corrected chi connectivity index (χ1v) is 32.3. The van der Waals surface area contributed by atoms with Gasteiger partial charge < -0.3 is 52.9 Å². The number of carbonyl (C=O) groups excluding carboxylic acids is 5. The Labute approximate surface area is 586 Å². The second-order valence-corrected chi connectivity index (χ2v) is 25.9. The molecule has 4 aliphatic rings. The van der Waals surface area contributed by atoms with E-state index in [9.17, 15) is 43.7 Å². The zero-order valence-electron chi connectivity index (χ0n) is 56.4. The summed E-state index contributed by atoms with van der Waals surface area (Å²) in [5, 5.41) is 30.7. The number of nitro benzene ring substituents is 1. The van der Waals surface area contributed by atoms with Gasteiger partial charge in [0.05, 0.1) is 39.6 Å². The van der Waals surface area contributed by atoms with E-state index >= 15 is 0 Å². The number of halogens is 2. The summed E-state index contributed by atoms with van der Waals surface area (Å²) in [6.07, 6.45) is 5.98. The van der Waals surface area contributed by atoms with Crippen LogP contribution >= 0.6 is 15.9 Å². The number of aryl methyl sites for hydroxylation is 2. The molecule has 0 radical (unpaired) electrons. The maximum Gasteiger partial charge on any atom is 1.00 e. The largest absolute Gasteiger partial charge is 1.00 e. The van der Waals surface area contributed by atoms with Crippen molar-refractivity contribution in [2.75, 3.05) is 39.9 Å². The van der Waals surface area contributed by atoms with Crippen LogP contribution in [-0.2, 0) is 25.6 Å². The molecule has 8 N–H and O–H groups in total. The number of carbonyl (C=O) groups is 5. The number of nitro groups is 1. The van der Waals surface area contributed by atoms with E-state index in [1.54, 1.807) is 51.1 Å². The molecule has 4 bridgehead atoms. The number of fused-ring (bicyclic) bond motifs is 5. The zero-order chi connectivity index (χ0) is 68.5. The Balaban J connectivity index is 0.000000468. The molecule has 1 aromatic heterocycles. The van der Waals surface area contributed by atoms with Crippen molar-refractivity contribution < 1.29 is 88.3 Å². The minimum absolute atomic E-state index is 0. The predicted octanol–water partition coefficient (Wildman–Crippen LogP) is 8.04. The van der Waals surface area contributed by atoms with Crippen LogP contribution in [0.3, 0.4) is 0 Å². The van der Waals surface area contributed by atoms with Gasteiger partial charge in [-0.2, -0.15) is 5.26 Å². The molecule has 10 rings (SSSR count). The molecule has 0 saturated heterocycles. The van der Waals surface area contributed by atoms with Crippen LogP contribution in [0.1, 0.15) is 139 Å². The number of nitriles is 1. The minimum atomic E-state index is -1.25. The fourth-order valence-corrected chi connectivity index (χ4v) is 10.5. The van der Waals surface area contributed by atoms with Crippen molar-refractivity contribution >= 4 is 50.8 Å². The Morgan fingerprint density at radius 2 is 1.34 bits per heavy atom. The van der Waals surface area contributed by atoms with E-state index in [2.05, 4.69) is 35.1 Å². The SMILES string of the molecule is CC1(O)CC1.CC1(Oc2ccc(Br)cc2)CC1.Cc1nc(-c2ccc(OC3(C)CC3)cc2)nc(C)c1C(=O)C[C@@H](CCN)C(=O)N(C)[C@@H]1C(=O)C[C@@H](C)C(=O)N[C@H](C(=O)CCC#N)Cc2ccc(OCCN)c(c2)-c2cc1ccc2OCCN.O=[N+]([O-])c1ccc(F)cc1.[H-].[Na+]. The molecule has 24 heteroatoms. The van der Waals surface area contributed by atoms with Crippen LogP contribution in [0.5, 0.6) is 23.0 Å². The first-order chi connectivity index (χ1) is 44.7. The Morgan fingerprint density at radius 1 is 0.811 bits per heavy atom. The van der Waals surface area contributed by atoms with Gasteiger partial charge in [-0.05, 0) is 189 Å². The molecule has 5 aromatic carbocycles. The molecule has 21 nitrogen and oxygen atoms in total. The van der Waals surface area contributed by atoms with Crippen LogP contribution in [0.4, 0.5) is 10.1 Å². The van der Waals surface area contributed by atoms with E-state index in [1.165, 1.54) is 24.8 Å². The third-order valence-corrected chi connectivity index (χ3v) is 17.0. The van der Waals surface area contributed by atoms with Gasteiger partial charge in [-0.15, -0.1) is 0 Å². The Hall–Kier alpha value is -7.53. The van der Waals surface area contributed by atoms with Crippen LogP contribution in [0.25, 0.3) is 22.5 Å². The number of hydrogen-bond donors (Lipinski definition) is 5. The summed E-state index contributed by atoms with van der Waals surface area (Å²) in [6.45, 7) is 12.0. The summed E-state index contributed by atoms with van der Waals surface area (Å²) in [4.78, 5) is 91.3. The van der Waals surface area contributed by atoms with Gasteiger partial charge in [-0.3, -0.25) is 34.1 Å². The molecule has 1 aliphatic heterocycles. The van der Waals surface area contributed by atoms with Crippen molar-refractivity contribution in [2.24, 2.45) is 29.0 Å². The smallest absolute Gasteiger partial charge is 1.00 e. The number of ether oxygens (including phenoxy) is 4. The molecular weight excluding hydrogens is 1290 g/mol. The standard InChI is InChI=1S/C51H62N8O8.C10H11BrO.C6H4FNO2.C4H8O.Na.H/c1-30-25-43(62)47(59(5)50(64)36(16-20-53)29-42(61)46-31(2)56-48(57-32(46)3)34-9-12-37(13-10-34)67-51(4)17-18-51)35-11-15-45(66-24-22-55)39(28-35)38-26-33(8-14-44(38)65-23-21-54)27-40(58-49(30)63)41(60)7-6-19-52;1-10(6-7-10)12-9-4-2-8(11)3-5-9;7-5-1-3-6(4-2-5)8(9)10;1-4(5)2-3-4;;/h8-15,26,28,30,36,40,47H,6-7,16-18,20-25,27,29,53-55H2,1-5H3,(H,58,63);2-5H,6-7H2,1H3;1-4H;5H,2-3H2,1H3;;/q;;;;+1;-1/t30-,36-,40+,47+;;;;;/m1...../s1. The normalized spacial score (nSPS) is 17.7. The second kappa shape index (κ2) is 34.9. The molecule has 2 heterocycles. The zero-order valence-corrected chi connectivity index (χ0v) is 59.0. The number of likely N-dealkylation sites (N-methyl/N-ethyl adjacent to an activating group) is 1. The fourth-order valence-electron chi connectivity index (χ4n) is 10.3. The van der Waals surface area contributed by atoms with Gasteiger partial charge in [0.25, 0.3) is 5.69 Å². The van der Waals surface area contributed by atoms with Crippen LogP contribution in [-0.4, -0.2) is 117 Å². The van der Waals surface area contributed by atoms with E-state index in [4.69, 9.17) is 51.2 Å². The molecule has 3 saturated carbocycles. The van der Waals surface area contributed by atoms with Gasteiger partial charge in [0.2, 0.25) is 11.8 Å². The number of non-ortho nitro benzene ring substituents is 1. The monoisotopic (exact) mass is 1380 g/mol. The third-order valence-electron chi connectivity index (χ3n) is 16.4. The Morgan fingerprint density at radius 3 is 1.83 bits per heavy atom. The van der Waals surface area contributed by atoms with E-state index in [-0.39, 0.29) is 136 Å². The number of nitrogens with one attached hydrogen (secondary N) is 1. The summed E-state index contributed by atoms with van der Waals surface area (Å²) >= 11 is 3.39. The molecule has 4 atom stereocenters. The number of hydrogen-bond acceptors (Lipinski definition) is 18. The predicted molar refractivity (Wildman–Crippen MR) is 359 cm³/mol. The molecular formula is C71H86BrFN9NaO12. The number of ketones is 3. The maximum absolute atomic E-state index is 14.8. The summed E-state index contributed by atoms with van der Waals surface area (Å²) in [5.74, 6) is -1.50. The molecule has 6 aromatic rings. The number of aliphatic hydroxyl groups is 1. The van der Waals surface area contributed by atoms with Crippen molar-refractivity contribution in [3.63, 3.8) is 0 Å². The van der Waals surface area contributed by atoms with E-state index in [0.717, 1.165) is 71.5 Å². The van der Waals surface area contributed by atoms with Crippen molar-refractivity contribution in [3.8, 4) is 51.6 Å². The average Bonchev–Trinajstić information content (AvgIpc) is 1.75. The summed E-state index contributed by atoms with van der Waals surface area (Å²) in [5.41, 5.74) is 21.6.